The Bertz CT molecular complexity index is 1540. The summed E-state index contributed by atoms with van der Waals surface area (Å²) >= 11 is 0. The number of pyridine rings is 1. The number of para-hydroxylation sites is 1. The van der Waals surface area contributed by atoms with E-state index in [1.807, 2.05) is 60.7 Å². The Kier molecular flexibility index (Phi) is 6.35. The van der Waals surface area contributed by atoms with Gasteiger partial charge in [-0.1, -0.05) is 48.5 Å². The molecule has 1 amide bonds. The quantitative estimate of drug-likeness (QED) is 0.389. The summed E-state index contributed by atoms with van der Waals surface area (Å²) in [6.45, 7) is 2.39. The fourth-order valence-corrected chi connectivity index (χ4v) is 4.18. The molecule has 0 fully saturated rings. The molecule has 0 spiro atoms. The molecule has 35 heavy (non-hydrogen) atoms. The van der Waals surface area contributed by atoms with E-state index in [1.165, 1.54) is 0 Å². The molecule has 174 valence electrons. The number of rotatable bonds is 7. The zero-order chi connectivity index (χ0) is 24.2. The Hall–Kier alpha value is -4.32. The first-order chi connectivity index (χ1) is 17.1. The number of fused-ring (bicyclic) bond motifs is 2. The van der Waals surface area contributed by atoms with Gasteiger partial charge in [0.15, 0.2) is 0 Å². The lowest BCUT2D eigenvalue weighted by Gasteiger charge is -2.15. The van der Waals surface area contributed by atoms with Gasteiger partial charge in [-0.25, -0.2) is 14.8 Å². The molecule has 0 saturated heterocycles. The van der Waals surface area contributed by atoms with Gasteiger partial charge in [-0.15, -0.1) is 0 Å². The van der Waals surface area contributed by atoms with E-state index in [0.717, 1.165) is 27.4 Å². The summed E-state index contributed by atoms with van der Waals surface area (Å²) in [6.07, 6.45) is 2.26. The van der Waals surface area contributed by atoms with Crippen LogP contribution in [0, 0.1) is 5.92 Å². The van der Waals surface area contributed by atoms with Gasteiger partial charge >= 0.3 is 5.97 Å². The van der Waals surface area contributed by atoms with Crippen LogP contribution >= 0.6 is 0 Å². The number of esters is 1. The Labute approximate surface area is 202 Å². The van der Waals surface area contributed by atoms with Crippen molar-refractivity contribution >= 4 is 28.9 Å². The molecule has 0 radical (unpaired) electrons. The van der Waals surface area contributed by atoms with Crippen LogP contribution in [0.4, 0.5) is 0 Å². The third-order valence-electron chi connectivity index (χ3n) is 5.92. The van der Waals surface area contributed by atoms with Crippen molar-refractivity contribution in [3.63, 3.8) is 0 Å². The van der Waals surface area contributed by atoms with E-state index in [-0.39, 0.29) is 11.9 Å². The lowest BCUT2D eigenvalue weighted by Crippen LogP contribution is -2.34. The van der Waals surface area contributed by atoms with E-state index < -0.39 is 5.92 Å². The molecule has 0 bridgehead atoms. The van der Waals surface area contributed by atoms with Crippen molar-refractivity contribution in [3.05, 3.63) is 106 Å². The number of ether oxygens (including phenoxy) is 2. The molecule has 3 aromatic carbocycles. The predicted molar refractivity (Wildman–Crippen MR) is 132 cm³/mol. The summed E-state index contributed by atoms with van der Waals surface area (Å²) in [6, 6.07) is 24.6. The third kappa shape index (κ3) is 4.96. The lowest BCUT2D eigenvalue weighted by molar-refractivity contribution is -0.120. The monoisotopic (exact) mass is 464 g/mol. The fraction of sp³-hybridized carbons (Fsp3) is 0.172. The lowest BCUT2D eigenvalue weighted by atomic mass is 9.93. The second kappa shape index (κ2) is 9.89. The van der Waals surface area contributed by atoms with Crippen molar-refractivity contribution in [2.45, 2.75) is 20.0 Å². The summed E-state index contributed by atoms with van der Waals surface area (Å²) in [5.74, 6) is -0.424. The van der Waals surface area contributed by atoms with Gasteiger partial charge in [-0.2, -0.15) is 0 Å². The SMILES string of the molecule is CCOC(=O)c1ccccc1CC1C=c2cc(OCc3ccc4ccccc4n3)ccc2=NC1=O. The number of aromatic nitrogens is 1. The van der Waals surface area contributed by atoms with Gasteiger partial charge in [-0.3, -0.25) is 4.79 Å². The Morgan fingerprint density at radius 3 is 2.69 bits per heavy atom. The van der Waals surface area contributed by atoms with E-state index in [0.29, 0.717) is 36.3 Å². The average molecular weight is 465 g/mol. The first kappa shape index (κ1) is 22.5. The number of benzene rings is 3. The van der Waals surface area contributed by atoms with Gasteiger partial charge in [-0.05, 0) is 55.3 Å². The molecule has 2 heterocycles. The van der Waals surface area contributed by atoms with Crippen molar-refractivity contribution in [1.82, 2.24) is 4.98 Å². The van der Waals surface area contributed by atoms with Crippen LogP contribution in [0.2, 0.25) is 0 Å². The average Bonchev–Trinajstić information content (AvgIpc) is 2.88. The second-order valence-electron chi connectivity index (χ2n) is 8.31. The van der Waals surface area contributed by atoms with Crippen LogP contribution in [0.25, 0.3) is 17.0 Å². The molecule has 0 saturated carbocycles. The van der Waals surface area contributed by atoms with Crippen LogP contribution in [0.5, 0.6) is 5.75 Å². The van der Waals surface area contributed by atoms with E-state index in [1.54, 1.807) is 31.2 Å². The molecular formula is C29H24N2O4. The molecule has 1 aliphatic heterocycles. The Balaban J connectivity index is 1.36. The number of amides is 1. The highest BCUT2D eigenvalue weighted by Crippen LogP contribution is 2.19. The van der Waals surface area contributed by atoms with Crippen LogP contribution in [0.15, 0.2) is 83.9 Å². The standard InChI is InChI=1S/C29H24N2O4/c1-2-34-29(33)25-9-5-3-8-20(25)15-22-16-21-17-24(13-14-27(21)31-28(22)32)35-18-23-12-11-19-7-4-6-10-26(19)30-23/h3-14,16-17,22H,2,15,18H2,1H3. The number of hydrogen-bond acceptors (Lipinski definition) is 5. The topological polar surface area (TPSA) is 77.8 Å². The van der Waals surface area contributed by atoms with Crippen LogP contribution in [0.3, 0.4) is 0 Å². The van der Waals surface area contributed by atoms with Crippen LogP contribution in [-0.4, -0.2) is 23.5 Å². The first-order valence-corrected chi connectivity index (χ1v) is 11.6. The van der Waals surface area contributed by atoms with E-state index >= 15 is 0 Å². The highest BCUT2D eigenvalue weighted by molar-refractivity contribution is 5.92. The zero-order valence-electron chi connectivity index (χ0n) is 19.3. The minimum atomic E-state index is -0.476. The minimum Gasteiger partial charge on any atom is -0.487 e. The minimum absolute atomic E-state index is 0.231. The Morgan fingerprint density at radius 1 is 0.971 bits per heavy atom. The highest BCUT2D eigenvalue weighted by Gasteiger charge is 2.22. The van der Waals surface area contributed by atoms with Gasteiger partial charge in [0.25, 0.3) is 5.91 Å². The number of carbonyl (C=O) groups is 2. The van der Waals surface area contributed by atoms with Gasteiger partial charge in [0.05, 0.1) is 34.7 Å². The van der Waals surface area contributed by atoms with E-state index in [2.05, 4.69) is 9.98 Å². The van der Waals surface area contributed by atoms with Gasteiger partial charge < -0.3 is 9.47 Å². The molecule has 0 aliphatic carbocycles. The molecule has 1 aromatic heterocycles. The molecule has 6 heteroatoms. The van der Waals surface area contributed by atoms with Gasteiger partial charge in [0.2, 0.25) is 0 Å². The molecule has 6 nitrogen and oxygen atoms in total. The maximum absolute atomic E-state index is 12.7. The number of hydrogen-bond donors (Lipinski definition) is 0. The molecule has 1 unspecified atom stereocenters. The zero-order valence-corrected chi connectivity index (χ0v) is 19.3. The van der Waals surface area contributed by atoms with Crippen LogP contribution in [-0.2, 0) is 22.6 Å². The van der Waals surface area contributed by atoms with Crippen molar-refractivity contribution in [2.24, 2.45) is 10.9 Å². The van der Waals surface area contributed by atoms with Crippen LogP contribution in [0.1, 0.15) is 28.5 Å². The summed E-state index contributed by atoms with van der Waals surface area (Å²) < 4.78 is 11.2. The maximum Gasteiger partial charge on any atom is 0.338 e. The summed E-state index contributed by atoms with van der Waals surface area (Å²) in [5, 5.41) is 2.52. The largest absolute Gasteiger partial charge is 0.487 e. The van der Waals surface area contributed by atoms with Crippen molar-refractivity contribution < 1.29 is 19.1 Å². The molecule has 1 aliphatic rings. The summed E-state index contributed by atoms with van der Waals surface area (Å²) in [4.78, 5) is 34.0. The first-order valence-electron chi connectivity index (χ1n) is 11.6. The molecule has 1 atom stereocenters. The Morgan fingerprint density at radius 2 is 1.80 bits per heavy atom. The molecular weight excluding hydrogens is 440 g/mol. The highest BCUT2D eigenvalue weighted by atomic mass is 16.5. The fourth-order valence-electron chi connectivity index (χ4n) is 4.18. The van der Waals surface area contributed by atoms with Crippen molar-refractivity contribution in [3.8, 4) is 5.75 Å². The normalized spacial score (nSPS) is 14.5. The van der Waals surface area contributed by atoms with Crippen molar-refractivity contribution in [1.29, 1.82) is 0 Å². The molecule has 0 N–H and O–H groups in total. The summed E-state index contributed by atoms with van der Waals surface area (Å²) in [5.41, 5.74) is 2.99. The number of carbonyl (C=O) groups excluding carboxylic acids is 2. The smallest absolute Gasteiger partial charge is 0.338 e. The number of nitrogens with zero attached hydrogens (tertiary/aromatic N) is 2. The molecule has 5 rings (SSSR count). The third-order valence-corrected chi connectivity index (χ3v) is 5.92. The van der Waals surface area contributed by atoms with Gasteiger partial charge in [0, 0.05) is 10.6 Å². The maximum atomic E-state index is 12.7. The predicted octanol–water partition coefficient (Wildman–Crippen LogP) is 3.79. The van der Waals surface area contributed by atoms with Crippen LogP contribution < -0.4 is 15.3 Å². The van der Waals surface area contributed by atoms with E-state index in [4.69, 9.17) is 9.47 Å². The molecule has 4 aromatic rings. The van der Waals surface area contributed by atoms with Crippen molar-refractivity contribution in [2.75, 3.05) is 6.61 Å². The van der Waals surface area contributed by atoms with E-state index in [9.17, 15) is 9.59 Å². The summed E-state index contributed by atoms with van der Waals surface area (Å²) in [7, 11) is 0. The second-order valence-corrected chi connectivity index (χ2v) is 8.31. The van der Waals surface area contributed by atoms with Gasteiger partial charge in [0.1, 0.15) is 12.4 Å².